The molecule has 0 radical (unpaired) electrons. The van der Waals surface area contributed by atoms with E-state index in [2.05, 4.69) is 15.2 Å². The molecule has 1 aromatic heterocycles. The standard InChI is InChI=1S/C22H22F3N3O/c23-22(24,25)17-5-3-15(4-6-17)13-28-11-1-2-19(14-28)27-18-7-8-20-16(12-18)9-10-26-21(20)29/h3-10,12,19,27H,1-2,11,13-14H2,(H,26,29). The van der Waals surface area contributed by atoms with E-state index in [9.17, 15) is 18.0 Å². The highest BCUT2D eigenvalue weighted by molar-refractivity contribution is 5.84. The minimum absolute atomic E-state index is 0.102. The van der Waals surface area contributed by atoms with Crippen LogP contribution in [0.1, 0.15) is 24.0 Å². The van der Waals surface area contributed by atoms with Crippen molar-refractivity contribution in [2.24, 2.45) is 0 Å². The van der Waals surface area contributed by atoms with Gasteiger partial charge in [0.1, 0.15) is 0 Å². The molecule has 4 rings (SSSR count). The number of likely N-dealkylation sites (tertiary alicyclic amines) is 1. The average Bonchev–Trinajstić information content (AvgIpc) is 2.68. The summed E-state index contributed by atoms with van der Waals surface area (Å²) >= 11 is 0. The fourth-order valence-corrected chi connectivity index (χ4v) is 3.89. The highest BCUT2D eigenvalue weighted by Crippen LogP contribution is 2.29. The SMILES string of the molecule is O=c1[nH]ccc2cc(NC3CCCN(Cc4ccc(C(F)(F)F)cc4)C3)ccc12. The Morgan fingerprint density at radius 1 is 1.10 bits per heavy atom. The highest BCUT2D eigenvalue weighted by Gasteiger charge is 2.30. The minimum atomic E-state index is -4.30. The van der Waals surface area contributed by atoms with Crippen LogP contribution in [0.4, 0.5) is 18.9 Å². The van der Waals surface area contributed by atoms with Gasteiger partial charge in [-0.25, -0.2) is 0 Å². The summed E-state index contributed by atoms with van der Waals surface area (Å²) in [6.07, 6.45) is -0.618. The van der Waals surface area contributed by atoms with Crippen LogP contribution >= 0.6 is 0 Å². The summed E-state index contributed by atoms with van der Waals surface area (Å²) in [6, 6.07) is 13.2. The van der Waals surface area contributed by atoms with Crippen LogP contribution in [0.2, 0.25) is 0 Å². The number of alkyl halides is 3. The fourth-order valence-electron chi connectivity index (χ4n) is 3.89. The number of nitrogens with one attached hydrogen (secondary N) is 2. The molecule has 1 unspecified atom stereocenters. The quantitative estimate of drug-likeness (QED) is 0.671. The number of H-pyrrole nitrogens is 1. The van der Waals surface area contributed by atoms with Gasteiger partial charge in [-0.15, -0.1) is 0 Å². The van der Waals surface area contributed by atoms with E-state index >= 15 is 0 Å². The largest absolute Gasteiger partial charge is 0.416 e. The lowest BCUT2D eigenvalue weighted by Gasteiger charge is -2.33. The van der Waals surface area contributed by atoms with Gasteiger partial charge in [-0.2, -0.15) is 13.2 Å². The average molecular weight is 401 g/mol. The van der Waals surface area contributed by atoms with E-state index in [0.717, 1.165) is 54.7 Å². The van der Waals surface area contributed by atoms with Crippen molar-refractivity contribution in [2.45, 2.75) is 31.6 Å². The van der Waals surface area contributed by atoms with Crippen molar-refractivity contribution in [3.8, 4) is 0 Å². The third-order valence-corrected chi connectivity index (χ3v) is 5.34. The van der Waals surface area contributed by atoms with Gasteiger partial charge in [-0.3, -0.25) is 9.69 Å². The van der Waals surface area contributed by atoms with Gasteiger partial charge in [-0.1, -0.05) is 12.1 Å². The topological polar surface area (TPSA) is 48.1 Å². The normalized spacial score (nSPS) is 18.1. The Morgan fingerprint density at radius 3 is 2.66 bits per heavy atom. The molecule has 29 heavy (non-hydrogen) atoms. The summed E-state index contributed by atoms with van der Waals surface area (Å²) in [5, 5.41) is 5.08. The van der Waals surface area contributed by atoms with Crippen molar-refractivity contribution in [3.05, 3.63) is 76.2 Å². The third-order valence-electron chi connectivity index (χ3n) is 5.34. The lowest BCUT2D eigenvalue weighted by molar-refractivity contribution is -0.137. The smallest absolute Gasteiger partial charge is 0.381 e. The van der Waals surface area contributed by atoms with Gasteiger partial charge in [-0.05, 0) is 66.7 Å². The minimum Gasteiger partial charge on any atom is -0.381 e. The molecule has 1 aliphatic heterocycles. The molecule has 0 aliphatic carbocycles. The van der Waals surface area contributed by atoms with Crippen molar-refractivity contribution >= 4 is 16.5 Å². The summed E-state index contributed by atoms with van der Waals surface area (Å²) in [7, 11) is 0. The number of rotatable bonds is 4. The second kappa shape index (κ2) is 7.91. The Hall–Kier alpha value is -2.80. The zero-order valence-electron chi connectivity index (χ0n) is 15.8. The van der Waals surface area contributed by atoms with E-state index < -0.39 is 11.7 Å². The van der Waals surface area contributed by atoms with Gasteiger partial charge < -0.3 is 10.3 Å². The summed E-state index contributed by atoms with van der Waals surface area (Å²) in [6.45, 7) is 2.37. The predicted octanol–water partition coefficient (Wildman–Crippen LogP) is 4.62. The Labute approximate surface area is 166 Å². The first-order valence-corrected chi connectivity index (χ1v) is 9.65. The van der Waals surface area contributed by atoms with Crippen molar-refractivity contribution in [3.63, 3.8) is 0 Å². The first kappa shape index (κ1) is 19.5. The monoisotopic (exact) mass is 401 g/mol. The number of hydrogen-bond acceptors (Lipinski definition) is 3. The molecule has 152 valence electrons. The van der Waals surface area contributed by atoms with Crippen LogP contribution in [-0.4, -0.2) is 29.0 Å². The van der Waals surface area contributed by atoms with E-state index in [1.807, 2.05) is 24.3 Å². The first-order chi connectivity index (χ1) is 13.9. The lowest BCUT2D eigenvalue weighted by atomic mass is 10.0. The van der Waals surface area contributed by atoms with E-state index in [1.54, 1.807) is 18.3 Å². The summed E-state index contributed by atoms with van der Waals surface area (Å²) in [5.74, 6) is 0. The van der Waals surface area contributed by atoms with E-state index in [1.165, 1.54) is 0 Å². The zero-order valence-corrected chi connectivity index (χ0v) is 15.8. The molecular formula is C22H22F3N3O. The number of benzene rings is 2. The third kappa shape index (κ3) is 4.62. The molecule has 1 fully saturated rings. The summed E-state index contributed by atoms with van der Waals surface area (Å²) in [5.41, 5.74) is 1.12. The molecule has 2 aromatic carbocycles. The van der Waals surface area contributed by atoms with Crippen molar-refractivity contribution in [2.75, 3.05) is 18.4 Å². The highest BCUT2D eigenvalue weighted by atomic mass is 19.4. The molecule has 0 bridgehead atoms. The number of aromatic amines is 1. The number of anilines is 1. The van der Waals surface area contributed by atoms with Gasteiger partial charge >= 0.3 is 6.18 Å². The van der Waals surface area contributed by atoms with Crippen LogP contribution in [-0.2, 0) is 12.7 Å². The molecule has 0 saturated carbocycles. The van der Waals surface area contributed by atoms with Crippen molar-refractivity contribution < 1.29 is 13.2 Å². The number of piperidine rings is 1. The van der Waals surface area contributed by atoms with E-state index in [0.29, 0.717) is 11.9 Å². The molecule has 1 atom stereocenters. The first-order valence-electron chi connectivity index (χ1n) is 9.65. The van der Waals surface area contributed by atoms with Crippen LogP contribution in [0.15, 0.2) is 59.5 Å². The van der Waals surface area contributed by atoms with Gasteiger partial charge in [0.2, 0.25) is 0 Å². The maximum Gasteiger partial charge on any atom is 0.416 e. The van der Waals surface area contributed by atoms with E-state index in [-0.39, 0.29) is 11.6 Å². The lowest BCUT2D eigenvalue weighted by Crippen LogP contribution is -2.41. The summed E-state index contributed by atoms with van der Waals surface area (Å²) in [4.78, 5) is 16.8. The molecule has 1 aliphatic rings. The van der Waals surface area contributed by atoms with Crippen LogP contribution in [0.25, 0.3) is 10.8 Å². The predicted molar refractivity (Wildman–Crippen MR) is 108 cm³/mol. The van der Waals surface area contributed by atoms with Crippen LogP contribution < -0.4 is 10.9 Å². The molecular weight excluding hydrogens is 379 g/mol. The molecule has 3 aromatic rings. The summed E-state index contributed by atoms with van der Waals surface area (Å²) < 4.78 is 38.2. The fraction of sp³-hybridized carbons (Fsp3) is 0.318. The number of pyridine rings is 1. The number of fused-ring (bicyclic) bond motifs is 1. The number of nitrogens with zero attached hydrogens (tertiary/aromatic N) is 1. The van der Waals surface area contributed by atoms with Gasteiger partial charge in [0.05, 0.1) is 5.56 Å². The zero-order chi connectivity index (χ0) is 20.4. The van der Waals surface area contributed by atoms with Crippen molar-refractivity contribution in [1.29, 1.82) is 0 Å². The Kier molecular flexibility index (Phi) is 5.32. The number of hydrogen-bond donors (Lipinski definition) is 2. The second-order valence-corrected chi connectivity index (χ2v) is 7.52. The number of halogens is 3. The molecule has 7 heteroatoms. The Bertz CT molecular complexity index is 1040. The second-order valence-electron chi connectivity index (χ2n) is 7.52. The van der Waals surface area contributed by atoms with Crippen LogP contribution in [0.5, 0.6) is 0 Å². The Balaban J connectivity index is 1.40. The van der Waals surface area contributed by atoms with Gasteiger partial charge in [0.15, 0.2) is 0 Å². The molecule has 1 saturated heterocycles. The molecule has 0 spiro atoms. The molecule has 0 amide bonds. The molecule has 4 nitrogen and oxygen atoms in total. The number of aromatic nitrogens is 1. The van der Waals surface area contributed by atoms with Crippen molar-refractivity contribution in [1.82, 2.24) is 9.88 Å². The molecule has 2 heterocycles. The maximum absolute atomic E-state index is 12.7. The Morgan fingerprint density at radius 2 is 1.90 bits per heavy atom. The van der Waals surface area contributed by atoms with Gasteiger partial charge in [0, 0.05) is 36.4 Å². The maximum atomic E-state index is 12.7. The van der Waals surface area contributed by atoms with Gasteiger partial charge in [0.25, 0.3) is 5.56 Å². The van der Waals surface area contributed by atoms with E-state index in [4.69, 9.17) is 0 Å². The van der Waals surface area contributed by atoms with Crippen LogP contribution in [0, 0.1) is 0 Å². The van der Waals surface area contributed by atoms with Crippen LogP contribution in [0.3, 0.4) is 0 Å². The molecule has 2 N–H and O–H groups in total.